The standard InChI is InChI=1S/C52H54F3N3/c1-48(2,3)31-13-18-42-36(25-31)37-26-32(49(4,5)6)14-19-43(37)57(42)46-22-17-35(52(53,54)55)29-40(46)41-30-56-24-23-47(41)58-44-20-15-33(50(7,8)9)27-38(44)39-28-34(51(10,11)12)16-21-45(39)58/h13-30H,1-12H3. The van der Waals surface area contributed by atoms with Crippen molar-refractivity contribution < 1.29 is 13.2 Å². The van der Waals surface area contributed by atoms with Crippen LogP contribution < -0.4 is 0 Å². The normalized spacial score (nSPS) is 13.4. The zero-order valence-electron chi connectivity index (χ0n) is 35.9. The molecule has 0 N–H and O–H groups in total. The summed E-state index contributed by atoms with van der Waals surface area (Å²) in [5.41, 5.74) is 10.0. The molecule has 0 aliphatic heterocycles. The molecular weight excluding hydrogens is 724 g/mol. The smallest absolute Gasteiger partial charge is 0.309 e. The van der Waals surface area contributed by atoms with Crippen LogP contribution in [0, 0.1) is 0 Å². The molecule has 0 spiro atoms. The van der Waals surface area contributed by atoms with Gasteiger partial charge in [0.1, 0.15) is 0 Å². The van der Waals surface area contributed by atoms with Crippen LogP contribution in [-0.4, -0.2) is 14.1 Å². The van der Waals surface area contributed by atoms with Crippen molar-refractivity contribution in [2.75, 3.05) is 0 Å². The van der Waals surface area contributed by atoms with E-state index in [1.54, 1.807) is 18.5 Å². The predicted molar refractivity (Wildman–Crippen MR) is 238 cm³/mol. The van der Waals surface area contributed by atoms with E-state index in [9.17, 15) is 13.2 Å². The van der Waals surface area contributed by atoms with E-state index in [2.05, 4.69) is 170 Å². The fourth-order valence-corrected chi connectivity index (χ4v) is 8.34. The third kappa shape index (κ3) is 6.68. The van der Waals surface area contributed by atoms with E-state index in [1.807, 2.05) is 6.07 Å². The van der Waals surface area contributed by atoms with Gasteiger partial charge in [0.2, 0.25) is 0 Å². The number of hydrogen-bond acceptors (Lipinski definition) is 1. The summed E-state index contributed by atoms with van der Waals surface area (Å²) >= 11 is 0. The fraction of sp³-hybridized carbons (Fsp3) is 0.327. The molecule has 298 valence electrons. The summed E-state index contributed by atoms with van der Waals surface area (Å²) in [6.45, 7) is 26.5. The summed E-state index contributed by atoms with van der Waals surface area (Å²) in [5.74, 6) is 0. The summed E-state index contributed by atoms with van der Waals surface area (Å²) in [7, 11) is 0. The lowest BCUT2D eigenvalue weighted by molar-refractivity contribution is -0.137. The minimum Gasteiger partial charge on any atom is -0.309 e. The van der Waals surface area contributed by atoms with E-state index in [0.29, 0.717) is 16.8 Å². The van der Waals surface area contributed by atoms with Crippen LogP contribution in [0.1, 0.15) is 111 Å². The minimum absolute atomic E-state index is 0.0807. The van der Waals surface area contributed by atoms with Gasteiger partial charge < -0.3 is 9.13 Å². The van der Waals surface area contributed by atoms with Crippen LogP contribution in [0.5, 0.6) is 0 Å². The van der Waals surface area contributed by atoms with Crippen LogP contribution in [0.15, 0.2) is 109 Å². The Hall–Kier alpha value is -5.36. The number of fused-ring (bicyclic) bond motifs is 6. The Morgan fingerprint density at radius 1 is 0.379 bits per heavy atom. The van der Waals surface area contributed by atoms with Crippen molar-refractivity contribution in [3.63, 3.8) is 0 Å². The molecule has 0 fully saturated rings. The number of alkyl halides is 3. The molecule has 0 radical (unpaired) electrons. The summed E-state index contributed by atoms with van der Waals surface area (Å²) in [4.78, 5) is 4.60. The molecule has 58 heavy (non-hydrogen) atoms. The summed E-state index contributed by atoms with van der Waals surface area (Å²) in [6.07, 6.45) is -1.10. The van der Waals surface area contributed by atoms with Gasteiger partial charge in [-0.05, 0) is 117 Å². The number of rotatable bonds is 3. The molecule has 0 unspecified atom stereocenters. The fourth-order valence-electron chi connectivity index (χ4n) is 8.34. The Morgan fingerprint density at radius 2 is 0.707 bits per heavy atom. The van der Waals surface area contributed by atoms with Crippen molar-refractivity contribution in [1.82, 2.24) is 14.1 Å². The average molecular weight is 778 g/mol. The van der Waals surface area contributed by atoms with Gasteiger partial charge in [-0.3, -0.25) is 4.98 Å². The molecule has 0 saturated heterocycles. The molecule has 3 heterocycles. The molecule has 5 aromatic carbocycles. The van der Waals surface area contributed by atoms with E-state index in [-0.39, 0.29) is 21.7 Å². The monoisotopic (exact) mass is 777 g/mol. The molecule has 0 saturated carbocycles. The van der Waals surface area contributed by atoms with Gasteiger partial charge in [0.25, 0.3) is 0 Å². The molecule has 0 atom stereocenters. The number of benzene rings is 5. The third-order valence-electron chi connectivity index (χ3n) is 11.9. The number of aromatic nitrogens is 3. The lowest BCUT2D eigenvalue weighted by Gasteiger charge is -2.21. The van der Waals surface area contributed by atoms with Crippen LogP contribution >= 0.6 is 0 Å². The maximum Gasteiger partial charge on any atom is 0.416 e. The first-order valence-corrected chi connectivity index (χ1v) is 20.3. The quantitative estimate of drug-likeness (QED) is 0.175. The van der Waals surface area contributed by atoms with Crippen molar-refractivity contribution >= 4 is 43.6 Å². The maximum atomic E-state index is 14.8. The second-order valence-electron chi connectivity index (χ2n) is 20.2. The molecule has 0 amide bonds. The van der Waals surface area contributed by atoms with Crippen molar-refractivity contribution in [1.29, 1.82) is 0 Å². The van der Waals surface area contributed by atoms with E-state index in [4.69, 9.17) is 0 Å². The van der Waals surface area contributed by atoms with Gasteiger partial charge in [-0.25, -0.2) is 0 Å². The van der Waals surface area contributed by atoms with Crippen LogP contribution in [-0.2, 0) is 27.8 Å². The largest absolute Gasteiger partial charge is 0.416 e. The highest BCUT2D eigenvalue weighted by molar-refractivity contribution is 6.12. The molecule has 8 aromatic rings. The van der Waals surface area contributed by atoms with Gasteiger partial charge in [0.05, 0.1) is 39.0 Å². The Bertz CT molecular complexity index is 2770. The van der Waals surface area contributed by atoms with E-state index in [0.717, 1.165) is 49.3 Å². The van der Waals surface area contributed by atoms with Crippen molar-refractivity contribution in [3.05, 3.63) is 137 Å². The van der Waals surface area contributed by atoms with Crippen LogP contribution in [0.25, 0.3) is 66.1 Å². The van der Waals surface area contributed by atoms with Crippen molar-refractivity contribution in [2.24, 2.45) is 0 Å². The van der Waals surface area contributed by atoms with E-state index >= 15 is 0 Å². The number of nitrogens with zero attached hydrogens (tertiary/aromatic N) is 3. The molecule has 8 rings (SSSR count). The Kier molecular flexibility index (Phi) is 8.90. The van der Waals surface area contributed by atoms with Gasteiger partial charge in [-0.2, -0.15) is 13.2 Å². The second-order valence-corrected chi connectivity index (χ2v) is 20.2. The van der Waals surface area contributed by atoms with Crippen molar-refractivity contribution in [3.8, 4) is 22.5 Å². The molecule has 3 nitrogen and oxygen atoms in total. The molecule has 0 bridgehead atoms. The highest BCUT2D eigenvalue weighted by Gasteiger charge is 2.33. The number of hydrogen-bond donors (Lipinski definition) is 0. The molecule has 0 aliphatic rings. The SMILES string of the molecule is CC(C)(C)c1ccc2c(c1)c1cc(C(C)(C)C)ccc1n2-c1ccncc1-c1cc(C(F)(F)F)ccc1-n1c2ccc(C(C)(C)C)cc2c2cc(C(C)(C)C)ccc21. The number of halogens is 3. The zero-order chi connectivity index (χ0) is 41.9. The Morgan fingerprint density at radius 3 is 1.03 bits per heavy atom. The topological polar surface area (TPSA) is 22.8 Å². The Labute approximate surface area is 340 Å². The van der Waals surface area contributed by atoms with E-state index in [1.165, 1.54) is 34.4 Å². The van der Waals surface area contributed by atoms with E-state index < -0.39 is 11.7 Å². The summed E-state index contributed by atoms with van der Waals surface area (Å²) < 4.78 is 48.8. The zero-order valence-corrected chi connectivity index (χ0v) is 35.9. The maximum absolute atomic E-state index is 14.8. The van der Waals surface area contributed by atoms with Gasteiger partial charge in [-0.15, -0.1) is 0 Å². The Balaban J connectivity index is 1.48. The average Bonchev–Trinajstić information content (AvgIpc) is 3.64. The summed E-state index contributed by atoms with van der Waals surface area (Å²) in [5, 5.41) is 4.34. The van der Waals surface area contributed by atoms with Gasteiger partial charge >= 0.3 is 6.18 Å². The second kappa shape index (κ2) is 13.1. The molecule has 3 aromatic heterocycles. The molecule has 0 aliphatic carbocycles. The lowest BCUT2D eigenvalue weighted by Crippen LogP contribution is -2.11. The van der Waals surface area contributed by atoms with Gasteiger partial charge in [0.15, 0.2) is 0 Å². The number of pyridine rings is 1. The van der Waals surface area contributed by atoms with Crippen LogP contribution in [0.4, 0.5) is 13.2 Å². The first kappa shape index (κ1) is 39.5. The highest BCUT2D eigenvalue weighted by atomic mass is 19.4. The first-order chi connectivity index (χ1) is 26.9. The highest BCUT2D eigenvalue weighted by Crippen LogP contribution is 2.45. The summed E-state index contributed by atoms with van der Waals surface area (Å²) in [6, 6.07) is 32.4. The molecular formula is C52H54F3N3. The predicted octanol–water partition coefficient (Wildman–Crippen LogP) is 15.2. The van der Waals surface area contributed by atoms with Crippen LogP contribution in [0.3, 0.4) is 0 Å². The molecule has 6 heteroatoms. The minimum atomic E-state index is -4.56. The van der Waals surface area contributed by atoms with Crippen molar-refractivity contribution in [2.45, 2.75) is 111 Å². The third-order valence-corrected chi connectivity index (χ3v) is 11.9. The van der Waals surface area contributed by atoms with Gasteiger partial charge in [0, 0.05) is 45.1 Å². The first-order valence-electron chi connectivity index (χ1n) is 20.3. The van der Waals surface area contributed by atoms with Crippen LogP contribution in [0.2, 0.25) is 0 Å². The lowest BCUT2D eigenvalue weighted by atomic mass is 9.85. The van der Waals surface area contributed by atoms with Gasteiger partial charge in [-0.1, -0.05) is 107 Å².